The van der Waals surface area contributed by atoms with Crippen LogP contribution in [0.2, 0.25) is 0 Å². The zero-order valence-electron chi connectivity index (χ0n) is 12.7. The smallest absolute Gasteiger partial charge is 0.490 e. The lowest BCUT2D eigenvalue weighted by atomic mass is 10.2. The molecular weight excluding hydrogens is 435 g/mol. The predicted octanol–water partition coefficient (Wildman–Crippen LogP) is 5.13. The third-order valence-electron chi connectivity index (χ3n) is 2.95. The highest BCUT2D eigenvalue weighted by Crippen LogP contribution is 2.41. The van der Waals surface area contributed by atoms with Crippen LogP contribution < -0.4 is 14.2 Å². The molecule has 0 aliphatic rings. The van der Waals surface area contributed by atoms with Crippen molar-refractivity contribution in [1.82, 2.24) is 0 Å². The maximum atomic E-state index is 14.1. The molecule has 0 heterocycles. The molecule has 11 heteroatoms. The summed E-state index contributed by atoms with van der Waals surface area (Å²) < 4.78 is 78.0. The highest BCUT2D eigenvalue weighted by atomic mass is 79.9. The largest absolute Gasteiger partial charge is 0.573 e. The van der Waals surface area contributed by atoms with Crippen LogP contribution in [0.5, 0.6) is 23.0 Å². The van der Waals surface area contributed by atoms with Crippen molar-refractivity contribution in [2.45, 2.75) is 6.36 Å². The summed E-state index contributed by atoms with van der Waals surface area (Å²) in [6, 6.07) is 3.68. The average Bonchev–Trinajstić information content (AvgIpc) is 2.52. The lowest BCUT2D eigenvalue weighted by Gasteiger charge is -2.16. The molecule has 140 valence electrons. The Balaban J connectivity index is 2.50. The Labute approximate surface area is 151 Å². The molecule has 2 aromatic rings. The maximum absolute atomic E-state index is 14.1. The van der Waals surface area contributed by atoms with Gasteiger partial charge in [-0.25, -0.2) is 9.18 Å². The van der Waals surface area contributed by atoms with Crippen LogP contribution in [0.1, 0.15) is 10.4 Å². The average molecular weight is 443 g/mol. The van der Waals surface area contributed by atoms with Crippen molar-refractivity contribution in [1.29, 1.82) is 0 Å². The monoisotopic (exact) mass is 442 g/mol. The van der Waals surface area contributed by atoms with E-state index in [0.717, 1.165) is 25.3 Å². The number of carboxylic acid groups (broad SMARTS) is 1. The molecule has 0 aliphatic carbocycles. The molecule has 2 aromatic carbocycles. The fourth-order valence-corrected chi connectivity index (χ4v) is 2.26. The van der Waals surface area contributed by atoms with E-state index in [4.69, 9.17) is 9.84 Å². The van der Waals surface area contributed by atoms with Gasteiger partial charge < -0.3 is 19.3 Å². The zero-order valence-corrected chi connectivity index (χ0v) is 14.2. The standard InChI is InChI=1S/C15H8BrF5O5/c1-24-13-9(5-4-8(12(13)18)26-15(19,20)21)25-7-3-2-6(16)11(17)10(7)14(22)23/h2-5H,1H3,(H,22,23). The number of ether oxygens (including phenoxy) is 3. The maximum Gasteiger partial charge on any atom is 0.573 e. The van der Waals surface area contributed by atoms with Crippen LogP contribution in [0.4, 0.5) is 22.0 Å². The van der Waals surface area contributed by atoms with Crippen molar-refractivity contribution >= 4 is 21.9 Å². The lowest BCUT2D eigenvalue weighted by molar-refractivity contribution is -0.275. The molecule has 0 unspecified atom stereocenters. The van der Waals surface area contributed by atoms with Gasteiger partial charge in [0.15, 0.2) is 17.3 Å². The Morgan fingerprint density at radius 3 is 2.15 bits per heavy atom. The topological polar surface area (TPSA) is 65.0 Å². The van der Waals surface area contributed by atoms with Gasteiger partial charge in [0, 0.05) is 0 Å². The summed E-state index contributed by atoms with van der Waals surface area (Å²) in [7, 11) is 0.947. The number of methoxy groups -OCH3 is 1. The van der Waals surface area contributed by atoms with Gasteiger partial charge in [-0.1, -0.05) is 0 Å². The first-order valence-corrected chi connectivity index (χ1v) is 7.35. The molecule has 1 N–H and O–H groups in total. The first kappa shape index (κ1) is 19.8. The minimum absolute atomic E-state index is 0.158. The Morgan fingerprint density at radius 2 is 1.62 bits per heavy atom. The summed E-state index contributed by atoms with van der Waals surface area (Å²) in [6.45, 7) is 0. The summed E-state index contributed by atoms with van der Waals surface area (Å²) in [5, 5.41) is 9.11. The van der Waals surface area contributed by atoms with Crippen molar-refractivity contribution < 1.29 is 46.1 Å². The van der Waals surface area contributed by atoms with Crippen LogP contribution in [0, 0.1) is 11.6 Å². The summed E-state index contributed by atoms with van der Waals surface area (Å²) in [5.74, 6) is -7.31. The molecule has 0 aliphatic heterocycles. The van der Waals surface area contributed by atoms with Gasteiger partial charge in [0.25, 0.3) is 0 Å². The third kappa shape index (κ3) is 4.15. The lowest BCUT2D eigenvalue weighted by Crippen LogP contribution is -2.18. The van der Waals surface area contributed by atoms with Crippen molar-refractivity contribution in [3.8, 4) is 23.0 Å². The molecular formula is C15H8BrF5O5. The Morgan fingerprint density at radius 1 is 1.04 bits per heavy atom. The van der Waals surface area contributed by atoms with Gasteiger partial charge in [0.2, 0.25) is 11.6 Å². The molecule has 26 heavy (non-hydrogen) atoms. The number of rotatable bonds is 5. The van der Waals surface area contributed by atoms with Crippen LogP contribution in [0.3, 0.4) is 0 Å². The Bertz CT molecular complexity index is 853. The molecule has 0 fully saturated rings. The minimum atomic E-state index is -5.14. The van der Waals surface area contributed by atoms with Crippen LogP contribution in [0.25, 0.3) is 0 Å². The van der Waals surface area contributed by atoms with Crippen LogP contribution in [-0.2, 0) is 0 Å². The SMILES string of the molecule is COc1c(Oc2ccc(Br)c(F)c2C(=O)O)ccc(OC(F)(F)F)c1F. The number of halogens is 6. The van der Waals surface area contributed by atoms with Crippen LogP contribution in [-0.4, -0.2) is 24.5 Å². The van der Waals surface area contributed by atoms with E-state index in [9.17, 15) is 26.7 Å². The Hall–Kier alpha value is -2.56. The highest BCUT2D eigenvalue weighted by molar-refractivity contribution is 9.10. The number of alkyl halides is 3. The molecule has 2 rings (SSSR count). The summed E-state index contributed by atoms with van der Waals surface area (Å²) >= 11 is 2.81. The van der Waals surface area contributed by atoms with Crippen molar-refractivity contribution in [3.05, 3.63) is 45.9 Å². The zero-order chi connectivity index (χ0) is 19.6. The number of carbonyl (C=O) groups is 1. The second-order valence-electron chi connectivity index (χ2n) is 4.60. The molecule has 5 nitrogen and oxygen atoms in total. The van der Waals surface area contributed by atoms with Crippen LogP contribution >= 0.6 is 15.9 Å². The predicted molar refractivity (Wildman–Crippen MR) is 80.8 cm³/mol. The number of carboxylic acids is 1. The summed E-state index contributed by atoms with van der Waals surface area (Å²) in [4.78, 5) is 11.2. The van der Waals surface area contributed by atoms with Gasteiger partial charge in [-0.2, -0.15) is 4.39 Å². The first-order chi connectivity index (χ1) is 12.0. The van der Waals surface area contributed by atoms with E-state index in [0.29, 0.717) is 6.07 Å². The van der Waals surface area contributed by atoms with E-state index in [1.54, 1.807) is 0 Å². The number of hydrogen-bond donors (Lipinski definition) is 1. The second kappa shape index (κ2) is 7.36. The summed E-state index contributed by atoms with van der Waals surface area (Å²) in [5.41, 5.74) is -0.863. The van der Waals surface area contributed by atoms with E-state index in [1.165, 1.54) is 0 Å². The summed E-state index contributed by atoms with van der Waals surface area (Å²) in [6.07, 6.45) is -5.14. The van der Waals surface area contributed by atoms with Gasteiger partial charge >= 0.3 is 12.3 Å². The number of aromatic carboxylic acids is 1. The molecule has 0 atom stereocenters. The van der Waals surface area contributed by atoms with E-state index in [-0.39, 0.29) is 4.47 Å². The fourth-order valence-electron chi connectivity index (χ4n) is 1.93. The van der Waals surface area contributed by atoms with E-state index < -0.39 is 52.5 Å². The number of benzene rings is 2. The van der Waals surface area contributed by atoms with Gasteiger partial charge in [-0.05, 0) is 40.2 Å². The van der Waals surface area contributed by atoms with Gasteiger partial charge in [0.05, 0.1) is 11.6 Å². The molecule has 0 bridgehead atoms. The van der Waals surface area contributed by atoms with Crippen molar-refractivity contribution in [2.24, 2.45) is 0 Å². The molecule has 0 spiro atoms. The molecule has 0 amide bonds. The fraction of sp³-hybridized carbons (Fsp3) is 0.133. The molecule has 0 saturated carbocycles. The normalized spacial score (nSPS) is 11.2. The first-order valence-electron chi connectivity index (χ1n) is 6.56. The minimum Gasteiger partial charge on any atom is -0.490 e. The van der Waals surface area contributed by atoms with Gasteiger partial charge in [-0.3, -0.25) is 0 Å². The van der Waals surface area contributed by atoms with E-state index in [1.807, 2.05) is 0 Å². The second-order valence-corrected chi connectivity index (χ2v) is 5.45. The van der Waals surface area contributed by atoms with Gasteiger partial charge in [-0.15, -0.1) is 13.2 Å². The van der Waals surface area contributed by atoms with E-state index in [2.05, 4.69) is 25.4 Å². The van der Waals surface area contributed by atoms with Gasteiger partial charge in [0.1, 0.15) is 11.3 Å². The van der Waals surface area contributed by atoms with Crippen LogP contribution in [0.15, 0.2) is 28.7 Å². The van der Waals surface area contributed by atoms with Crippen molar-refractivity contribution in [3.63, 3.8) is 0 Å². The van der Waals surface area contributed by atoms with Crippen molar-refractivity contribution in [2.75, 3.05) is 7.11 Å². The third-order valence-corrected chi connectivity index (χ3v) is 3.56. The number of hydrogen-bond acceptors (Lipinski definition) is 4. The molecule has 0 aromatic heterocycles. The highest BCUT2D eigenvalue weighted by Gasteiger charge is 2.34. The molecule has 0 saturated heterocycles. The quantitative estimate of drug-likeness (QED) is 0.650. The Kier molecular flexibility index (Phi) is 5.59. The molecule has 0 radical (unpaired) electrons. The van der Waals surface area contributed by atoms with E-state index >= 15 is 0 Å².